The van der Waals surface area contributed by atoms with Gasteiger partial charge in [0, 0.05) is 3.57 Å². The summed E-state index contributed by atoms with van der Waals surface area (Å²) in [6.45, 7) is 2.12. The summed E-state index contributed by atoms with van der Waals surface area (Å²) in [5.41, 5.74) is 0.156. The van der Waals surface area contributed by atoms with E-state index >= 15 is 0 Å². The number of benzene rings is 1. The second kappa shape index (κ2) is 7.69. The van der Waals surface area contributed by atoms with Gasteiger partial charge in [0.1, 0.15) is 10.8 Å². The fourth-order valence-electron chi connectivity index (χ4n) is 1.67. The van der Waals surface area contributed by atoms with Crippen LogP contribution in [0.4, 0.5) is 19.9 Å². The third kappa shape index (κ3) is 4.92. The Morgan fingerprint density at radius 1 is 1.43 bits per heavy atom. The zero-order valence-corrected chi connectivity index (χ0v) is 14.4. The highest BCUT2D eigenvalue weighted by Gasteiger charge is 2.09. The first-order valence-corrected chi connectivity index (χ1v) is 8.45. The molecule has 7 heteroatoms. The van der Waals surface area contributed by atoms with Crippen molar-refractivity contribution >= 4 is 50.6 Å². The van der Waals surface area contributed by atoms with Crippen LogP contribution in [-0.4, -0.2) is 11.0 Å². The van der Waals surface area contributed by atoms with E-state index in [0.717, 1.165) is 27.8 Å². The van der Waals surface area contributed by atoms with Gasteiger partial charge in [0.05, 0.1) is 16.9 Å². The molecule has 1 aromatic heterocycles. The Morgan fingerprint density at radius 3 is 2.95 bits per heavy atom. The van der Waals surface area contributed by atoms with Gasteiger partial charge >= 0.3 is 6.03 Å². The normalized spacial score (nSPS) is 10.4. The predicted molar refractivity (Wildman–Crippen MR) is 92.5 cm³/mol. The van der Waals surface area contributed by atoms with Crippen molar-refractivity contribution in [2.24, 2.45) is 0 Å². The highest BCUT2D eigenvalue weighted by Crippen LogP contribution is 2.21. The van der Waals surface area contributed by atoms with Crippen molar-refractivity contribution < 1.29 is 9.18 Å². The number of thiazole rings is 1. The topological polar surface area (TPSA) is 54.0 Å². The molecule has 0 unspecified atom stereocenters. The van der Waals surface area contributed by atoms with Crippen LogP contribution in [0.1, 0.15) is 24.8 Å². The van der Waals surface area contributed by atoms with Crippen LogP contribution in [0.2, 0.25) is 0 Å². The molecule has 0 saturated heterocycles. The van der Waals surface area contributed by atoms with Crippen LogP contribution in [0.15, 0.2) is 24.4 Å². The Hall–Kier alpha value is -1.22. The van der Waals surface area contributed by atoms with Crippen molar-refractivity contribution in [1.29, 1.82) is 0 Å². The number of nitrogens with zero attached hydrogens (tertiary/aromatic N) is 1. The molecule has 112 valence electrons. The van der Waals surface area contributed by atoms with Crippen LogP contribution in [0.25, 0.3) is 0 Å². The van der Waals surface area contributed by atoms with Crippen molar-refractivity contribution in [3.8, 4) is 0 Å². The fraction of sp³-hybridized carbons (Fsp3) is 0.286. The molecule has 0 bridgehead atoms. The molecule has 0 fully saturated rings. The van der Waals surface area contributed by atoms with Gasteiger partial charge in [-0.15, -0.1) is 11.3 Å². The van der Waals surface area contributed by atoms with Gasteiger partial charge in [-0.3, -0.25) is 5.32 Å². The maximum atomic E-state index is 13.6. The van der Waals surface area contributed by atoms with Crippen molar-refractivity contribution in [2.45, 2.75) is 26.2 Å². The number of unbranched alkanes of at least 4 members (excludes halogenated alkanes) is 1. The number of anilines is 2. The van der Waals surface area contributed by atoms with E-state index in [4.69, 9.17) is 0 Å². The Kier molecular flexibility index (Phi) is 5.92. The number of hydrogen-bond acceptors (Lipinski definition) is 3. The molecule has 0 aliphatic heterocycles. The quantitative estimate of drug-likeness (QED) is 0.680. The van der Waals surface area contributed by atoms with Crippen LogP contribution < -0.4 is 10.6 Å². The molecule has 0 saturated carbocycles. The smallest absolute Gasteiger partial charge is 0.305 e. The van der Waals surface area contributed by atoms with Crippen molar-refractivity contribution in [3.63, 3.8) is 0 Å². The number of hydrogen-bond donors (Lipinski definition) is 2. The number of carbonyl (C=O) groups is 1. The molecule has 4 nitrogen and oxygen atoms in total. The standard InChI is InChI=1S/C14H15FIN3OS/c1-2-3-4-12-17-8-13(21-12)19-14(20)18-11-6-5-9(16)7-10(11)15/h5-8H,2-4H2,1H3,(H2,18,19,20). The number of aryl methyl sites for hydroxylation is 1. The van der Waals surface area contributed by atoms with Gasteiger partial charge in [-0.1, -0.05) is 13.3 Å². The number of amides is 2. The summed E-state index contributed by atoms with van der Waals surface area (Å²) >= 11 is 3.45. The first-order chi connectivity index (χ1) is 10.1. The molecule has 0 aliphatic carbocycles. The van der Waals surface area contributed by atoms with Gasteiger partial charge in [-0.05, 0) is 53.6 Å². The minimum Gasteiger partial charge on any atom is -0.305 e. The van der Waals surface area contributed by atoms with E-state index in [9.17, 15) is 9.18 Å². The first-order valence-electron chi connectivity index (χ1n) is 6.56. The number of rotatable bonds is 5. The number of halogens is 2. The van der Waals surface area contributed by atoms with Gasteiger partial charge in [-0.2, -0.15) is 0 Å². The lowest BCUT2D eigenvalue weighted by molar-refractivity contribution is 0.262. The van der Waals surface area contributed by atoms with E-state index < -0.39 is 11.8 Å². The highest BCUT2D eigenvalue weighted by molar-refractivity contribution is 14.1. The Balaban J connectivity index is 1.93. The summed E-state index contributed by atoms with van der Waals surface area (Å²) in [6, 6.07) is 4.16. The average molecular weight is 419 g/mol. The van der Waals surface area contributed by atoms with Gasteiger partial charge < -0.3 is 5.32 Å². The molecular formula is C14H15FIN3OS. The number of aromatic nitrogens is 1. The van der Waals surface area contributed by atoms with Crippen molar-refractivity contribution in [1.82, 2.24) is 4.98 Å². The maximum Gasteiger partial charge on any atom is 0.324 e. The van der Waals surface area contributed by atoms with Crippen molar-refractivity contribution in [3.05, 3.63) is 38.8 Å². The SMILES string of the molecule is CCCCc1ncc(NC(=O)Nc2ccc(I)cc2F)s1. The molecule has 2 aromatic rings. The Bertz CT molecular complexity index is 632. The molecule has 0 radical (unpaired) electrons. The Labute approximate surface area is 140 Å². The summed E-state index contributed by atoms with van der Waals surface area (Å²) in [7, 11) is 0. The lowest BCUT2D eigenvalue weighted by atomic mass is 10.3. The Morgan fingerprint density at radius 2 is 2.24 bits per heavy atom. The molecule has 0 aliphatic rings. The third-order valence-corrected chi connectivity index (χ3v) is 4.36. The van der Waals surface area contributed by atoms with Crippen LogP contribution in [0.5, 0.6) is 0 Å². The van der Waals surface area contributed by atoms with Gasteiger partial charge in [0.15, 0.2) is 0 Å². The van der Waals surface area contributed by atoms with Crippen LogP contribution in [0.3, 0.4) is 0 Å². The van der Waals surface area contributed by atoms with E-state index in [1.54, 1.807) is 12.3 Å². The monoisotopic (exact) mass is 419 g/mol. The molecule has 2 amide bonds. The number of urea groups is 1. The van der Waals surface area contributed by atoms with E-state index in [1.807, 2.05) is 22.6 Å². The molecule has 2 rings (SSSR count). The van der Waals surface area contributed by atoms with E-state index in [1.165, 1.54) is 23.5 Å². The summed E-state index contributed by atoms with van der Waals surface area (Å²) in [5, 5.41) is 6.81. The van der Waals surface area contributed by atoms with Gasteiger partial charge in [-0.25, -0.2) is 14.2 Å². The molecular weight excluding hydrogens is 404 g/mol. The zero-order valence-electron chi connectivity index (χ0n) is 11.5. The predicted octanol–water partition coefficient (Wildman–Crippen LogP) is 4.87. The van der Waals surface area contributed by atoms with Crippen LogP contribution >= 0.6 is 33.9 Å². The van der Waals surface area contributed by atoms with Crippen LogP contribution in [0, 0.1) is 9.39 Å². The zero-order chi connectivity index (χ0) is 15.2. The van der Waals surface area contributed by atoms with Gasteiger partial charge in [0.2, 0.25) is 0 Å². The second-order valence-corrected chi connectivity index (χ2v) is 6.79. The maximum absolute atomic E-state index is 13.6. The summed E-state index contributed by atoms with van der Waals surface area (Å²) in [5.74, 6) is -0.454. The third-order valence-electron chi connectivity index (χ3n) is 2.71. The highest BCUT2D eigenvalue weighted by atomic mass is 127. The molecule has 1 aromatic carbocycles. The first kappa shape index (κ1) is 16.2. The second-order valence-electron chi connectivity index (χ2n) is 4.43. The molecule has 0 spiro atoms. The lowest BCUT2D eigenvalue weighted by Gasteiger charge is -2.06. The summed E-state index contributed by atoms with van der Waals surface area (Å²) < 4.78 is 14.4. The minimum absolute atomic E-state index is 0.156. The molecule has 0 atom stereocenters. The average Bonchev–Trinajstić information content (AvgIpc) is 2.87. The number of nitrogens with one attached hydrogen (secondary N) is 2. The van der Waals surface area contributed by atoms with E-state index in [0.29, 0.717) is 5.00 Å². The van der Waals surface area contributed by atoms with E-state index in [2.05, 4.69) is 22.5 Å². The van der Waals surface area contributed by atoms with Crippen LogP contribution in [-0.2, 0) is 6.42 Å². The molecule has 21 heavy (non-hydrogen) atoms. The molecule has 2 N–H and O–H groups in total. The summed E-state index contributed by atoms with van der Waals surface area (Å²) in [6.07, 6.45) is 4.72. The summed E-state index contributed by atoms with van der Waals surface area (Å²) in [4.78, 5) is 16.1. The van der Waals surface area contributed by atoms with E-state index in [-0.39, 0.29) is 5.69 Å². The minimum atomic E-state index is -0.471. The lowest BCUT2D eigenvalue weighted by Crippen LogP contribution is -2.19. The molecule has 1 heterocycles. The largest absolute Gasteiger partial charge is 0.324 e. The number of carbonyl (C=O) groups excluding carboxylic acids is 1. The fourth-order valence-corrected chi connectivity index (χ4v) is 2.98. The van der Waals surface area contributed by atoms with Gasteiger partial charge in [0.25, 0.3) is 0 Å². The van der Waals surface area contributed by atoms with Crippen molar-refractivity contribution in [2.75, 3.05) is 10.6 Å².